The molecular formula is C13H13BrClNO. The normalized spacial score (nSPS) is 12.2. The van der Waals surface area contributed by atoms with Crippen molar-refractivity contribution in [2.75, 3.05) is 0 Å². The maximum absolute atomic E-state index is 12.1. The fraction of sp³-hybridized carbons (Fsp3) is 0.385. The number of halogens is 2. The van der Waals surface area contributed by atoms with E-state index in [9.17, 15) is 4.79 Å². The van der Waals surface area contributed by atoms with E-state index >= 15 is 0 Å². The first-order valence-electron chi connectivity index (χ1n) is 5.34. The SMILES string of the molecule is CC(C)CC(C#N)C(=O)c1ccc(Cl)cc1Br. The molecule has 90 valence electrons. The highest BCUT2D eigenvalue weighted by Gasteiger charge is 2.22. The van der Waals surface area contributed by atoms with Crippen molar-refractivity contribution in [1.82, 2.24) is 0 Å². The molecule has 4 heteroatoms. The highest BCUT2D eigenvalue weighted by Crippen LogP contribution is 2.25. The Hall–Kier alpha value is -0.850. The van der Waals surface area contributed by atoms with Crippen LogP contribution < -0.4 is 0 Å². The average Bonchev–Trinajstić information content (AvgIpc) is 2.24. The molecule has 0 aliphatic carbocycles. The molecule has 1 aromatic carbocycles. The molecule has 0 radical (unpaired) electrons. The van der Waals surface area contributed by atoms with Gasteiger partial charge in [-0.3, -0.25) is 4.79 Å². The molecule has 1 unspecified atom stereocenters. The Bertz CT molecular complexity index is 465. The molecule has 1 aromatic rings. The number of Topliss-reactive ketones (excluding diaryl/α,β-unsaturated/α-hetero) is 1. The second kappa shape index (κ2) is 6.18. The summed E-state index contributed by atoms with van der Waals surface area (Å²) in [5.41, 5.74) is 0.515. The summed E-state index contributed by atoms with van der Waals surface area (Å²) in [5, 5.41) is 9.60. The van der Waals surface area contributed by atoms with Crippen molar-refractivity contribution in [2.24, 2.45) is 11.8 Å². The van der Waals surface area contributed by atoms with Crippen LogP contribution in [0.4, 0.5) is 0 Å². The van der Waals surface area contributed by atoms with Gasteiger partial charge in [0, 0.05) is 15.1 Å². The van der Waals surface area contributed by atoms with Crippen LogP contribution in [0.25, 0.3) is 0 Å². The summed E-state index contributed by atoms with van der Waals surface area (Å²) in [6.45, 7) is 3.99. The van der Waals surface area contributed by atoms with E-state index in [1.807, 2.05) is 13.8 Å². The van der Waals surface area contributed by atoms with Crippen LogP contribution in [0.5, 0.6) is 0 Å². The minimum absolute atomic E-state index is 0.148. The van der Waals surface area contributed by atoms with Gasteiger partial charge in [-0.25, -0.2) is 0 Å². The van der Waals surface area contributed by atoms with Crippen molar-refractivity contribution in [2.45, 2.75) is 20.3 Å². The Morgan fingerprint density at radius 1 is 1.53 bits per heavy atom. The van der Waals surface area contributed by atoms with Crippen LogP contribution in [-0.4, -0.2) is 5.78 Å². The molecule has 0 spiro atoms. The number of ketones is 1. The van der Waals surface area contributed by atoms with Gasteiger partial charge in [-0.2, -0.15) is 5.26 Å². The molecule has 0 bridgehead atoms. The number of carbonyl (C=O) groups excluding carboxylic acids is 1. The lowest BCUT2D eigenvalue weighted by Crippen LogP contribution is -2.15. The van der Waals surface area contributed by atoms with Crippen LogP contribution in [0.3, 0.4) is 0 Å². The molecule has 1 rings (SSSR count). The topological polar surface area (TPSA) is 40.9 Å². The highest BCUT2D eigenvalue weighted by molar-refractivity contribution is 9.10. The minimum atomic E-state index is -0.590. The Morgan fingerprint density at radius 2 is 2.18 bits per heavy atom. The fourth-order valence-corrected chi connectivity index (χ4v) is 2.44. The van der Waals surface area contributed by atoms with Gasteiger partial charge in [0.1, 0.15) is 5.92 Å². The molecule has 17 heavy (non-hydrogen) atoms. The lowest BCUT2D eigenvalue weighted by Gasteiger charge is -2.11. The van der Waals surface area contributed by atoms with E-state index in [1.165, 1.54) is 0 Å². The molecule has 0 amide bonds. The van der Waals surface area contributed by atoms with Gasteiger partial charge in [0.15, 0.2) is 5.78 Å². The molecule has 0 heterocycles. The van der Waals surface area contributed by atoms with Gasteiger partial charge in [-0.05, 0) is 46.5 Å². The zero-order chi connectivity index (χ0) is 13.0. The second-order valence-electron chi connectivity index (χ2n) is 4.30. The number of hydrogen-bond donors (Lipinski definition) is 0. The number of benzene rings is 1. The fourth-order valence-electron chi connectivity index (χ4n) is 1.57. The first kappa shape index (κ1) is 14.2. The van der Waals surface area contributed by atoms with Crippen LogP contribution in [0, 0.1) is 23.2 Å². The summed E-state index contributed by atoms with van der Waals surface area (Å²) in [6, 6.07) is 7.04. The number of hydrogen-bond acceptors (Lipinski definition) is 2. The predicted octanol–water partition coefficient (Wildman–Crippen LogP) is 4.47. The van der Waals surface area contributed by atoms with Gasteiger partial charge in [-0.15, -0.1) is 0 Å². The summed E-state index contributed by atoms with van der Waals surface area (Å²) in [5.74, 6) is -0.424. The van der Waals surface area contributed by atoms with Crippen LogP contribution >= 0.6 is 27.5 Å². The maximum atomic E-state index is 12.1. The summed E-state index contributed by atoms with van der Waals surface area (Å²) in [6.07, 6.45) is 0.574. The van der Waals surface area contributed by atoms with Gasteiger partial charge < -0.3 is 0 Å². The summed E-state index contributed by atoms with van der Waals surface area (Å²) < 4.78 is 0.638. The second-order valence-corrected chi connectivity index (χ2v) is 5.59. The number of rotatable bonds is 4. The number of nitrogens with zero attached hydrogens (tertiary/aromatic N) is 1. The van der Waals surface area contributed by atoms with Crippen LogP contribution in [0.15, 0.2) is 22.7 Å². The van der Waals surface area contributed by atoms with E-state index in [1.54, 1.807) is 18.2 Å². The van der Waals surface area contributed by atoms with Gasteiger partial charge in [0.05, 0.1) is 6.07 Å². The first-order valence-corrected chi connectivity index (χ1v) is 6.51. The van der Waals surface area contributed by atoms with E-state index < -0.39 is 5.92 Å². The molecule has 0 N–H and O–H groups in total. The van der Waals surface area contributed by atoms with Gasteiger partial charge in [0.25, 0.3) is 0 Å². The van der Waals surface area contributed by atoms with Crippen molar-refractivity contribution in [3.8, 4) is 6.07 Å². The third-order valence-electron chi connectivity index (χ3n) is 2.38. The van der Waals surface area contributed by atoms with E-state index in [0.717, 1.165) is 0 Å². The smallest absolute Gasteiger partial charge is 0.181 e. The number of nitriles is 1. The Kier molecular flexibility index (Phi) is 5.17. The van der Waals surface area contributed by atoms with E-state index in [0.29, 0.717) is 27.4 Å². The molecule has 0 aliphatic rings. The van der Waals surface area contributed by atoms with Crippen LogP contribution in [0.2, 0.25) is 5.02 Å². The third-order valence-corrected chi connectivity index (χ3v) is 3.27. The monoisotopic (exact) mass is 313 g/mol. The van der Waals surface area contributed by atoms with Gasteiger partial charge in [-0.1, -0.05) is 25.4 Å². The van der Waals surface area contributed by atoms with Crippen molar-refractivity contribution in [3.05, 3.63) is 33.3 Å². The van der Waals surface area contributed by atoms with Gasteiger partial charge >= 0.3 is 0 Å². The van der Waals surface area contributed by atoms with E-state index in [-0.39, 0.29) is 5.78 Å². The standard InChI is InChI=1S/C13H13BrClNO/c1-8(2)5-9(7-16)13(17)11-4-3-10(15)6-12(11)14/h3-4,6,8-9H,5H2,1-2H3. The van der Waals surface area contributed by atoms with Gasteiger partial charge in [0.2, 0.25) is 0 Å². The van der Waals surface area contributed by atoms with Crippen LogP contribution in [0.1, 0.15) is 30.6 Å². The quantitative estimate of drug-likeness (QED) is 0.769. The molecule has 1 atom stereocenters. The largest absolute Gasteiger partial charge is 0.293 e. The average molecular weight is 315 g/mol. The van der Waals surface area contributed by atoms with Crippen molar-refractivity contribution in [1.29, 1.82) is 5.26 Å². The first-order chi connectivity index (χ1) is 7.95. The molecule has 0 saturated carbocycles. The third kappa shape index (κ3) is 3.83. The Labute approximate surface area is 115 Å². The van der Waals surface area contributed by atoms with E-state index in [2.05, 4.69) is 22.0 Å². The zero-order valence-corrected chi connectivity index (χ0v) is 12.0. The minimum Gasteiger partial charge on any atom is -0.293 e. The summed E-state index contributed by atoms with van der Waals surface area (Å²) in [7, 11) is 0. The Morgan fingerprint density at radius 3 is 2.65 bits per heavy atom. The van der Waals surface area contributed by atoms with Crippen molar-refractivity contribution >= 4 is 33.3 Å². The predicted molar refractivity (Wildman–Crippen MR) is 72.0 cm³/mol. The molecule has 0 saturated heterocycles. The zero-order valence-electron chi connectivity index (χ0n) is 9.71. The summed E-state index contributed by atoms with van der Waals surface area (Å²) >= 11 is 9.11. The van der Waals surface area contributed by atoms with Crippen LogP contribution in [-0.2, 0) is 0 Å². The number of carbonyl (C=O) groups is 1. The van der Waals surface area contributed by atoms with Crippen molar-refractivity contribution < 1.29 is 4.79 Å². The van der Waals surface area contributed by atoms with E-state index in [4.69, 9.17) is 16.9 Å². The molecular weight excluding hydrogens is 302 g/mol. The molecule has 2 nitrogen and oxygen atoms in total. The summed E-state index contributed by atoms with van der Waals surface area (Å²) in [4.78, 5) is 12.1. The lowest BCUT2D eigenvalue weighted by atomic mass is 9.91. The molecule has 0 aromatic heterocycles. The maximum Gasteiger partial charge on any atom is 0.181 e. The molecule has 0 fully saturated rings. The molecule has 0 aliphatic heterocycles. The highest BCUT2D eigenvalue weighted by atomic mass is 79.9. The Balaban J connectivity index is 2.99. The van der Waals surface area contributed by atoms with Crippen molar-refractivity contribution in [3.63, 3.8) is 0 Å². The lowest BCUT2D eigenvalue weighted by molar-refractivity contribution is 0.0936.